The number of benzene rings is 2. The quantitative estimate of drug-likeness (QED) is 0.905. The van der Waals surface area contributed by atoms with Crippen LogP contribution in [-0.4, -0.2) is 22.2 Å². The number of carbonyl (C=O) groups is 2. The predicted molar refractivity (Wildman–Crippen MR) is 78.1 cm³/mol. The Bertz CT molecular complexity index is 722. The molecular formula is C17H16O4. The zero-order valence-electron chi connectivity index (χ0n) is 11.5. The Hall–Kier alpha value is -2.36. The van der Waals surface area contributed by atoms with Gasteiger partial charge in [0.05, 0.1) is 11.3 Å². The predicted octanol–water partition coefficient (Wildman–Crippen LogP) is 2.95. The van der Waals surface area contributed by atoms with Crippen molar-refractivity contribution in [1.82, 2.24) is 0 Å². The van der Waals surface area contributed by atoms with E-state index >= 15 is 0 Å². The van der Waals surface area contributed by atoms with Gasteiger partial charge in [0.2, 0.25) is 0 Å². The second kappa shape index (κ2) is 4.88. The van der Waals surface area contributed by atoms with Crippen molar-refractivity contribution in [2.45, 2.75) is 19.3 Å². The Kier molecular flexibility index (Phi) is 3.16. The van der Waals surface area contributed by atoms with Crippen LogP contribution in [0.2, 0.25) is 0 Å². The van der Waals surface area contributed by atoms with E-state index in [1.165, 1.54) is 0 Å². The first kappa shape index (κ1) is 13.6. The maximum Gasteiger partial charge on any atom is 0.310 e. The third-order valence-electron chi connectivity index (χ3n) is 4.60. The van der Waals surface area contributed by atoms with Gasteiger partial charge in [0.15, 0.2) is 0 Å². The molecule has 2 aromatic carbocycles. The van der Waals surface area contributed by atoms with Crippen LogP contribution in [0.3, 0.4) is 0 Å². The molecule has 0 spiro atoms. The van der Waals surface area contributed by atoms with Crippen LogP contribution >= 0.6 is 0 Å². The zero-order chi connectivity index (χ0) is 15.0. The lowest BCUT2D eigenvalue weighted by Gasteiger charge is -2.43. The fourth-order valence-corrected chi connectivity index (χ4v) is 3.25. The van der Waals surface area contributed by atoms with Gasteiger partial charge in [-0.25, -0.2) is 0 Å². The molecule has 4 heteroatoms. The summed E-state index contributed by atoms with van der Waals surface area (Å²) in [6.07, 6.45) is 1.13. The maximum atomic E-state index is 11.6. The van der Waals surface area contributed by atoms with Crippen LogP contribution in [-0.2, 0) is 16.0 Å². The smallest absolute Gasteiger partial charge is 0.310 e. The molecule has 0 radical (unpaired) electrons. The van der Waals surface area contributed by atoms with Crippen LogP contribution in [0.4, 0.5) is 0 Å². The van der Waals surface area contributed by atoms with Gasteiger partial charge in [-0.3, -0.25) is 9.59 Å². The number of hydrogen-bond acceptors (Lipinski definition) is 2. The summed E-state index contributed by atoms with van der Waals surface area (Å²) in [5, 5.41) is 20.9. The van der Waals surface area contributed by atoms with Crippen molar-refractivity contribution in [3.8, 4) is 0 Å². The van der Waals surface area contributed by atoms with E-state index in [-0.39, 0.29) is 6.42 Å². The van der Waals surface area contributed by atoms with Crippen LogP contribution in [0.15, 0.2) is 42.5 Å². The lowest BCUT2D eigenvalue weighted by atomic mass is 9.57. The Morgan fingerprint density at radius 1 is 1.10 bits per heavy atom. The van der Waals surface area contributed by atoms with Crippen LogP contribution in [0.1, 0.15) is 18.4 Å². The van der Waals surface area contributed by atoms with Gasteiger partial charge in [-0.05, 0) is 35.6 Å². The topological polar surface area (TPSA) is 74.6 Å². The number of fused-ring (bicyclic) bond motifs is 1. The van der Waals surface area contributed by atoms with Crippen molar-refractivity contribution in [2.24, 2.45) is 11.3 Å². The zero-order valence-corrected chi connectivity index (χ0v) is 11.5. The van der Waals surface area contributed by atoms with E-state index in [1.54, 1.807) is 0 Å². The van der Waals surface area contributed by atoms with E-state index < -0.39 is 23.3 Å². The van der Waals surface area contributed by atoms with Gasteiger partial charge in [0.25, 0.3) is 0 Å². The van der Waals surface area contributed by atoms with Crippen molar-refractivity contribution >= 4 is 22.7 Å². The standard InChI is InChI=1S/C17H16O4/c18-15(19)14-7-8-17(14,16(20)21)10-11-5-6-12-3-1-2-4-13(12)9-11/h1-6,9,14H,7-8,10H2,(H,18,19)(H,20,21). The summed E-state index contributed by atoms with van der Waals surface area (Å²) in [7, 11) is 0. The molecule has 3 rings (SSSR count). The Morgan fingerprint density at radius 2 is 1.81 bits per heavy atom. The average Bonchev–Trinajstić information content (AvgIpc) is 2.42. The third-order valence-corrected chi connectivity index (χ3v) is 4.60. The monoisotopic (exact) mass is 284 g/mol. The summed E-state index contributed by atoms with van der Waals surface area (Å²) in [5.41, 5.74) is -0.282. The van der Waals surface area contributed by atoms with Crippen LogP contribution in [0, 0.1) is 11.3 Å². The molecule has 2 atom stereocenters. The van der Waals surface area contributed by atoms with Crippen molar-refractivity contribution in [1.29, 1.82) is 0 Å². The lowest BCUT2D eigenvalue weighted by Crippen LogP contribution is -2.51. The first-order valence-electron chi connectivity index (χ1n) is 6.97. The second-order valence-electron chi connectivity index (χ2n) is 5.75. The minimum absolute atomic E-state index is 0.268. The molecule has 0 saturated heterocycles. The van der Waals surface area contributed by atoms with Crippen molar-refractivity contribution < 1.29 is 19.8 Å². The van der Waals surface area contributed by atoms with Crippen molar-refractivity contribution in [3.63, 3.8) is 0 Å². The number of carboxylic acid groups (broad SMARTS) is 2. The first-order valence-corrected chi connectivity index (χ1v) is 6.97. The molecule has 0 heterocycles. The highest BCUT2D eigenvalue weighted by Gasteiger charge is 2.56. The van der Waals surface area contributed by atoms with Crippen LogP contribution < -0.4 is 0 Å². The molecule has 0 aromatic heterocycles. The molecule has 1 saturated carbocycles. The molecule has 2 aromatic rings. The number of rotatable bonds is 4. The van der Waals surface area contributed by atoms with Crippen LogP contribution in [0.5, 0.6) is 0 Å². The highest BCUT2D eigenvalue weighted by atomic mass is 16.4. The highest BCUT2D eigenvalue weighted by Crippen LogP contribution is 2.49. The van der Waals surface area contributed by atoms with Gasteiger partial charge in [0, 0.05) is 0 Å². The molecule has 21 heavy (non-hydrogen) atoms. The van der Waals surface area contributed by atoms with E-state index in [2.05, 4.69) is 0 Å². The number of carboxylic acids is 2. The summed E-state index contributed by atoms with van der Waals surface area (Å²) in [5.74, 6) is -2.81. The lowest BCUT2D eigenvalue weighted by molar-refractivity contribution is -0.173. The summed E-state index contributed by atoms with van der Waals surface area (Å²) in [6.45, 7) is 0. The SMILES string of the molecule is O=C(O)C1CCC1(Cc1ccc2ccccc2c1)C(=O)O. The molecule has 1 aliphatic carbocycles. The average molecular weight is 284 g/mol. The third kappa shape index (κ3) is 2.17. The van der Waals surface area contributed by atoms with E-state index in [9.17, 15) is 19.8 Å². The van der Waals surface area contributed by atoms with Gasteiger partial charge < -0.3 is 10.2 Å². The highest BCUT2D eigenvalue weighted by molar-refractivity contribution is 5.87. The summed E-state index contributed by atoms with van der Waals surface area (Å²) in [6, 6.07) is 13.7. The molecule has 1 fully saturated rings. The van der Waals surface area contributed by atoms with E-state index in [4.69, 9.17) is 0 Å². The Morgan fingerprint density at radius 3 is 2.38 bits per heavy atom. The molecule has 2 N–H and O–H groups in total. The van der Waals surface area contributed by atoms with E-state index in [1.807, 2.05) is 42.5 Å². The van der Waals surface area contributed by atoms with E-state index in [0.29, 0.717) is 12.8 Å². The fraction of sp³-hybridized carbons (Fsp3) is 0.294. The van der Waals surface area contributed by atoms with Crippen molar-refractivity contribution in [2.75, 3.05) is 0 Å². The maximum absolute atomic E-state index is 11.6. The molecule has 108 valence electrons. The van der Waals surface area contributed by atoms with Crippen molar-refractivity contribution in [3.05, 3.63) is 48.0 Å². The van der Waals surface area contributed by atoms with Gasteiger partial charge in [-0.15, -0.1) is 0 Å². The number of hydrogen-bond donors (Lipinski definition) is 2. The van der Waals surface area contributed by atoms with Gasteiger partial charge >= 0.3 is 11.9 Å². The summed E-state index contributed by atoms with van der Waals surface area (Å²) in [4.78, 5) is 22.9. The minimum Gasteiger partial charge on any atom is -0.481 e. The minimum atomic E-state index is -1.16. The number of aliphatic carboxylic acids is 2. The molecular weight excluding hydrogens is 268 g/mol. The van der Waals surface area contributed by atoms with E-state index in [0.717, 1.165) is 16.3 Å². The van der Waals surface area contributed by atoms with Crippen LogP contribution in [0.25, 0.3) is 10.8 Å². The van der Waals surface area contributed by atoms with Gasteiger partial charge in [0.1, 0.15) is 0 Å². The molecule has 0 amide bonds. The Labute approximate surface area is 122 Å². The first-order chi connectivity index (χ1) is 10.0. The molecule has 4 nitrogen and oxygen atoms in total. The molecule has 0 bridgehead atoms. The molecule has 0 aliphatic heterocycles. The Balaban J connectivity index is 1.95. The summed E-state index contributed by atoms with van der Waals surface area (Å²) < 4.78 is 0. The van der Waals surface area contributed by atoms with Gasteiger partial charge in [-0.2, -0.15) is 0 Å². The second-order valence-corrected chi connectivity index (χ2v) is 5.75. The molecule has 1 aliphatic rings. The molecule has 2 unspecified atom stereocenters. The fourth-order valence-electron chi connectivity index (χ4n) is 3.25. The normalized spacial score (nSPS) is 24.5. The summed E-state index contributed by atoms with van der Waals surface area (Å²) >= 11 is 0. The van der Waals surface area contributed by atoms with Gasteiger partial charge in [-0.1, -0.05) is 42.5 Å². The largest absolute Gasteiger partial charge is 0.481 e.